The minimum Gasteiger partial charge on any atom is -0.273 e. The van der Waals surface area contributed by atoms with Crippen LogP contribution in [0.15, 0.2) is 79.0 Å². The Morgan fingerprint density at radius 1 is 0.958 bits per heavy atom. The second-order valence-corrected chi connectivity index (χ2v) is 7.50. The number of rotatable bonds is 5. The van der Waals surface area contributed by atoms with Crippen LogP contribution in [0.3, 0.4) is 0 Å². The highest BCUT2D eigenvalue weighted by molar-refractivity contribution is 7.89. The van der Waals surface area contributed by atoms with E-state index >= 15 is 0 Å². The average molecular weight is 337 g/mol. The van der Waals surface area contributed by atoms with Crippen molar-refractivity contribution >= 4 is 22.2 Å². The van der Waals surface area contributed by atoms with Crippen molar-refractivity contribution in [2.24, 2.45) is 0 Å². The SMILES string of the molecule is O=S(=O)(CC=CC=Cc1ccccc1)N1C=Cc2ccccc2C1. The molecule has 0 spiro atoms. The molecule has 0 fully saturated rings. The molecule has 2 aromatic carbocycles. The smallest absolute Gasteiger partial charge is 0.238 e. The van der Waals surface area contributed by atoms with Crippen LogP contribution in [-0.2, 0) is 16.6 Å². The Balaban J connectivity index is 1.61. The molecule has 0 unspecified atom stereocenters. The molecule has 24 heavy (non-hydrogen) atoms. The number of hydrogen-bond acceptors (Lipinski definition) is 2. The Morgan fingerprint density at radius 2 is 1.71 bits per heavy atom. The number of hydrogen-bond donors (Lipinski definition) is 0. The van der Waals surface area contributed by atoms with E-state index < -0.39 is 10.0 Å². The standard InChI is InChI=1S/C20H19NO2S/c22-24(23,16-8-2-5-11-18-9-3-1-4-10-18)21-15-14-19-12-6-7-13-20(19)17-21/h1-15H,16-17H2. The number of sulfonamides is 1. The monoisotopic (exact) mass is 337 g/mol. The molecular formula is C20H19NO2S. The van der Waals surface area contributed by atoms with Crippen LogP contribution >= 0.6 is 0 Å². The summed E-state index contributed by atoms with van der Waals surface area (Å²) in [6, 6.07) is 17.7. The van der Waals surface area contributed by atoms with Gasteiger partial charge >= 0.3 is 0 Å². The van der Waals surface area contributed by atoms with Crippen molar-refractivity contribution in [2.45, 2.75) is 6.54 Å². The van der Waals surface area contributed by atoms with Gasteiger partial charge in [0, 0.05) is 6.20 Å². The Morgan fingerprint density at radius 3 is 2.54 bits per heavy atom. The molecule has 0 bridgehead atoms. The largest absolute Gasteiger partial charge is 0.273 e. The maximum absolute atomic E-state index is 12.4. The zero-order chi connectivity index (χ0) is 16.8. The van der Waals surface area contributed by atoms with Gasteiger partial charge < -0.3 is 0 Å². The third kappa shape index (κ3) is 4.03. The van der Waals surface area contributed by atoms with E-state index in [2.05, 4.69) is 0 Å². The molecule has 4 heteroatoms. The van der Waals surface area contributed by atoms with Gasteiger partial charge in [-0.2, -0.15) is 0 Å². The van der Waals surface area contributed by atoms with E-state index in [1.807, 2.05) is 72.8 Å². The lowest BCUT2D eigenvalue weighted by atomic mass is 10.1. The fourth-order valence-corrected chi connectivity index (χ4v) is 3.63. The van der Waals surface area contributed by atoms with Crippen LogP contribution in [0.4, 0.5) is 0 Å². The van der Waals surface area contributed by atoms with Crippen molar-refractivity contribution in [3.63, 3.8) is 0 Å². The molecule has 3 nitrogen and oxygen atoms in total. The molecule has 2 aromatic rings. The van der Waals surface area contributed by atoms with Crippen LogP contribution in [0.25, 0.3) is 12.2 Å². The van der Waals surface area contributed by atoms with Crippen LogP contribution in [0.5, 0.6) is 0 Å². The van der Waals surface area contributed by atoms with E-state index in [1.165, 1.54) is 4.31 Å². The summed E-state index contributed by atoms with van der Waals surface area (Å²) in [5, 5.41) is 0. The zero-order valence-electron chi connectivity index (χ0n) is 13.2. The molecule has 0 aromatic heterocycles. The van der Waals surface area contributed by atoms with Crippen molar-refractivity contribution in [1.29, 1.82) is 0 Å². The Kier molecular flexibility index (Phi) is 4.96. The van der Waals surface area contributed by atoms with E-state index in [9.17, 15) is 8.42 Å². The number of benzene rings is 2. The molecule has 0 aliphatic carbocycles. The summed E-state index contributed by atoms with van der Waals surface area (Å²) < 4.78 is 26.3. The van der Waals surface area contributed by atoms with E-state index in [0.29, 0.717) is 6.54 Å². The number of allylic oxidation sites excluding steroid dienone is 2. The van der Waals surface area contributed by atoms with E-state index in [-0.39, 0.29) is 5.75 Å². The summed E-state index contributed by atoms with van der Waals surface area (Å²) in [7, 11) is -3.35. The van der Waals surface area contributed by atoms with Crippen molar-refractivity contribution in [3.8, 4) is 0 Å². The van der Waals surface area contributed by atoms with Gasteiger partial charge in [0.25, 0.3) is 0 Å². The van der Waals surface area contributed by atoms with Gasteiger partial charge in [0.05, 0.1) is 12.3 Å². The molecule has 0 amide bonds. The Labute approximate surface area is 143 Å². The fourth-order valence-electron chi connectivity index (χ4n) is 2.50. The fraction of sp³-hybridized carbons (Fsp3) is 0.100. The molecule has 3 rings (SSSR count). The van der Waals surface area contributed by atoms with Gasteiger partial charge in [-0.3, -0.25) is 4.31 Å². The summed E-state index contributed by atoms with van der Waals surface area (Å²) >= 11 is 0. The minimum absolute atomic E-state index is 0.0152. The summed E-state index contributed by atoms with van der Waals surface area (Å²) in [6.07, 6.45) is 10.7. The summed E-state index contributed by atoms with van der Waals surface area (Å²) in [5.41, 5.74) is 3.18. The molecule has 0 atom stereocenters. The van der Waals surface area contributed by atoms with Crippen molar-refractivity contribution in [1.82, 2.24) is 4.31 Å². The first-order valence-corrected chi connectivity index (χ1v) is 9.40. The molecule has 0 radical (unpaired) electrons. The maximum atomic E-state index is 12.4. The van der Waals surface area contributed by atoms with Crippen LogP contribution < -0.4 is 0 Å². The van der Waals surface area contributed by atoms with E-state index in [0.717, 1.165) is 16.7 Å². The minimum atomic E-state index is -3.35. The third-order valence-corrected chi connectivity index (χ3v) is 5.38. The number of fused-ring (bicyclic) bond motifs is 1. The lowest BCUT2D eigenvalue weighted by Gasteiger charge is -2.24. The Bertz CT molecular complexity index is 881. The van der Waals surface area contributed by atoms with Gasteiger partial charge in [0.2, 0.25) is 10.0 Å². The lowest BCUT2D eigenvalue weighted by molar-refractivity contribution is 0.496. The van der Waals surface area contributed by atoms with Gasteiger partial charge in [-0.25, -0.2) is 8.42 Å². The molecule has 0 saturated carbocycles. The number of nitrogens with zero attached hydrogens (tertiary/aromatic N) is 1. The van der Waals surface area contributed by atoms with Gasteiger partial charge in [0.1, 0.15) is 0 Å². The van der Waals surface area contributed by atoms with E-state index in [4.69, 9.17) is 0 Å². The molecule has 1 heterocycles. The van der Waals surface area contributed by atoms with Gasteiger partial charge in [0.15, 0.2) is 0 Å². The highest BCUT2D eigenvalue weighted by Crippen LogP contribution is 2.21. The predicted molar refractivity (Wildman–Crippen MR) is 99.4 cm³/mol. The topological polar surface area (TPSA) is 37.4 Å². The maximum Gasteiger partial charge on any atom is 0.238 e. The first kappa shape index (κ1) is 16.3. The highest BCUT2D eigenvalue weighted by atomic mass is 32.2. The van der Waals surface area contributed by atoms with Crippen LogP contribution in [0.2, 0.25) is 0 Å². The van der Waals surface area contributed by atoms with Crippen molar-refractivity contribution in [2.75, 3.05) is 5.75 Å². The van der Waals surface area contributed by atoms with Crippen LogP contribution in [0, 0.1) is 0 Å². The summed E-state index contributed by atoms with van der Waals surface area (Å²) in [6.45, 7) is 0.392. The summed E-state index contributed by atoms with van der Waals surface area (Å²) in [5.74, 6) is -0.0152. The van der Waals surface area contributed by atoms with Gasteiger partial charge in [-0.15, -0.1) is 0 Å². The lowest BCUT2D eigenvalue weighted by Crippen LogP contribution is -2.29. The van der Waals surface area contributed by atoms with Crippen LogP contribution in [0.1, 0.15) is 16.7 Å². The quantitative estimate of drug-likeness (QED) is 0.771. The molecule has 0 N–H and O–H groups in total. The molecule has 122 valence electrons. The Hall–Kier alpha value is -2.59. The molecule has 1 aliphatic rings. The molecule has 0 saturated heterocycles. The average Bonchev–Trinajstić information content (AvgIpc) is 2.62. The summed E-state index contributed by atoms with van der Waals surface area (Å²) in [4.78, 5) is 0. The van der Waals surface area contributed by atoms with Crippen molar-refractivity contribution in [3.05, 3.63) is 95.7 Å². The van der Waals surface area contributed by atoms with Gasteiger partial charge in [-0.1, -0.05) is 78.9 Å². The third-order valence-electron chi connectivity index (χ3n) is 3.80. The zero-order valence-corrected chi connectivity index (χ0v) is 14.1. The predicted octanol–water partition coefficient (Wildman–Crippen LogP) is 4.07. The van der Waals surface area contributed by atoms with E-state index in [1.54, 1.807) is 18.4 Å². The molecule has 1 aliphatic heterocycles. The first-order chi connectivity index (χ1) is 11.6. The normalized spacial score (nSPS) is 14.4. The van der Waals surface area contributed by atoms with Crippen LogP contribution in [-0.4, -0.2) is 18.5 Å². The molecular weight excluding hydrogens is 318 g/mol. The van der Waals surface area contributed by atoms with Crippen molar-refractivity contribution < 1.29 is 8.42 Å². The second-order valence-electron chi connectivity index (χ2n) is 5.54. The first-order valence-electron chi connectivity index (χ1n) is 7.79. The van der Waals surface area contributed by atoms with Gasteiger partial charge in [-0.05, 0) is 22.8 Å². The highest BCUT2D eigenvalue weighted by Gasteiger charge is 2.20. The second kappa shape index (κ2) is 7.32.